The molecule has 0 atom stereocenters. The lowest BCUT2D eigenvalue weighted by Crippen LogP contribution is -2.11. The van der Waals surface area contributed by atoms with E-state index in [0.29, 0.717) is 6.04 Å². The number of aliphatic hydroxyl groups is 1. The third-order valence-corrected chi connectivity index (χ3v) is 4.16. The molecule has 1 saturated carbocycles. The van der Waals surface area contributed by atoms with Crippen molar-refractivity contribution in [3.05, 3.63) is 36.0 Å². The van der Waals surface area contributed by atoms with Gasteiger partial charge in [0.2, 0.25) is 0 Å². The second-order valence-electron chi connectivity index (χ2n) is 5.38. The van der Waals surface area contributed by atoms with Crippen LogP contribution < -0.4 is 0 Å². The van der Waals surface area contributed by atoms with Crippen LogP contribution in [0.2, 0.25) is 0 Å². The van der Waals surface area contributed by atoms with Crippen molar-refractivity contribution in [2.24, 2.45) is 0 Å². The van der Waals surface area contributed by atoms with Crippen LogP contribution in [0, 0.1) is 0 Å². The SMILES string of the molecule is OCCc1ccc2ccn(C3CCCCC3)c2c1. The van der Waals surface area contributed by atoms with Crippen LogP contribution in [0.5, 0.6) is 0 Å². The molecule has 1 heterocycles. The van der Waals surface area contributed by atoms with Gasteiger partial charge in [-0.25, -0.2) is 0 Å². The Morgan fingerprint density at radius 1 is 1.11 bits per heavy atom. The highest BCUT2D eigenvalue weighted by atomic mass is 16.2. The molecule has 0 bridgehead atoms. The fourth-order valence-electron chi connectivity index (χ4n) is 3.16. The minimum atomic E-state index is 0.232. The molecule has 0 amide bonds. The van der Waals surface area contributed by atoms with Crippen molar-refractivity contribution in [3.8, 4) is 0 Å². The fourth-order valence-corrected chi connectivity index (χ4v) is 3.16. The summed E-state index contributed by atoms with van der Waals surface area (Å²) < 4.78 is 2.45. The normalized spacial score (nSPS) is 17.4. The van der Waals surface area contributed by atoms with Gasteiger partial charge in [-0.1, -0.05) is 31.4 Å². The first kappa shape index (κ1) is 11.8. The highest BCUT2D eigenvalue weighted by molar-refractivity contribution is 5.81. The van der Waals surface area contributed by atoms with Crippen molar-refractivity contribution in [3.63, 3.8) is 0 Å². The first-order valence-corrected chi connectivity index (χ1v) is 7.09. The Labute approximate surface area is 108 Å². The molecule has 0 unspecified atom stereocenters. The van der Waals surface area contributed by atoms with Gasteiger partial charge in [-0.05, 0) is 42.3 Å². The lowest BCUT2D eigenvalue weighted by atomic mass is 9.95. The van der Waals surface area contributed by atoms with Crippen LogP contribution in [-0.2, 0) is 6.42 Å². The summed E-state index contributed by atoms with van der Waals surface area (Å²) in [6.07, 6.45) is 9.74. The summed E-state index contributed by atoms with van der Waals surface area (Å²) in [4.78, 5) is 0. The van der Waals surface area contributed by atoms with E-state index in [1.807, 2.05) is 0 Å². The maximum atomic E-state index is 9.05. The molecule has 1 aromatic heterocycles. The molecule has 1 N–H and O–H groups in total. The number of benzene rings is 1. The molecule has 2 nitrogen and oxygen atoms in total. The molecule has 0 radical (unpaired) electrons. The minimum absolute atomic E-state index is 0.232. The van der Waals surface area contributed by atoms with Crippen molar-refractivity contribution in [1.29, 1.82) is 0 Å². The molecular formula is C16H21NO. The van der Waals surface area contributed by atoms with Gasteiger partial charge in [-0.3, -0.25) is 0 Å². The Morgan fingerprint density at radius 2 is 1.94 bits per heavy atom. The van der Waals surface area contributed by atoms with Gasteiger partial charge in [0.15, 0.2) is 0 Å². The predicted octanol–water partition coefficient (Wildman–Crippen LogP) is 3.68. The van der Waals surface area contributed by atoms with Crippen LogP contribution in [0.15, 0.2) is 30.5 Å². The van der Waals surface area contributed by atoms with E-state index in [1.165, 1.54) is 48.6 Å². The average molecular weight is 243 g/mol. The van der Waals surface area contributed by atoms with E-state index in [1.54, 1.807) is 0 Å². The zero-order valence-corrected chi connectivity index (χ0v) is 10.8. The Kier molecular flexibility index (Phi) is 3.37. The van der Waals surface area contributed by atoms with Crippen molar-refractivity contribution >= 4 is 10.9 Å². The van der Waals surface area contributed by atoms with Gasteiger partial charge in [0.25, 0.3) is 0 Å². The van der Waals surface area contributed by atoms with Crippen LogP contribution >= 0.6 is 0 Å². The molecule has 0 aliphatic heterocycles. The molecule has 1 aliphatic carbocycles. The molecular weight excluding hydrogens is 222 g/mol. The van der Waals surface area contributed by atoms with E-state index in [-0.39, 0.29) is 6.61 Å². The summed E-state index contributed by atoms with van der Waals surface area (Å²) in [6.45, 7) is 0.232. The first-order valence-electron chi connectivity index (χ1n) is 7.09. The van der Waals surface area contributed by atoms with E-state index in [0.717, 1.165) is 6.42 Å². The quantitative estimate of drug-likeness (QED) is 0.874. The van der Waals surface area contributed by atoms with Gasteiger partial charge >= 0.3 is 0 Å². The molecule has 18 heavy (non-hydrogen) atoms. The summed E-state index contributed by atoms with van der Waals surface area (Å²) in [5, 5.41) is 10.4. The maximum absolute atomic E-state index is 9.05. The third kappa shape index (κ3) is 2.17. The lowest BCUT2D eigenvalue weighted by Gasteiger charge is -2.24. The van der Waals surface area contributed by atoms with E-state index in [9.17, 15) is 0 Å². The zero-order valence-electron chi connectivity index (χ0n) is 10.8. The molecule has 0 spiro atoms. The second-order valence-corrected chi connectivity index (χ2v) is 5.38. The van der Waals surface area contributed by atoms with E-state index in [2.05, 4.69) is 35.0 Å². The van der Waals surface area contributed by atoms with Crippen LogP contribution in [0.1, 0.15) is 43.7 Å². The van der Waals surface area contributed by atoms with E-state index >= 15 is 0 Å². The van der Waals surface area contributed by atoms with Crippen LogP contribution in [-0.4, -0.2) is 16.3 Å². The van der Waals surface area contributed by atoms with Gasteiger partial charge in [0.05, 0.1) is 0 Å². The minimum Gasteiger partial charge on any atom is -0.396 e. The lowest BCUT2D eigenvalue weighted by molar-refractivity contribution is 0.299. The number of hydrogen-bond acceptors (Lipinski definition) is 1. The highest BCUT2D eigenvalue weighted by Gasteiger charge is 2.16. The van der Waals surface area contributed by atoms with Crippen molar-refractivity contribution < 1.29 is 5.11 Å². The smallest absolute Gasteiger partial charge is 0.0485 e. The monoisotopic (exact) mass is 243 g/mol. The molecule has 2 aromatic rings. The van der Waals surface area contributed by atoms with Gasteiger partial charge in [0, 0.05) is 24.4 Å². The van der Waals surface area contributed by atoms with Gasteiger partial charge in [-0.2, -0.15) is 0 Å². The van der Waals surface area contributed by atoms with E-state index in [4.69, 9.17) is 5.11 Å². The van der Waals surface area contributed by atoms with Gasteiger partial charge in [0.1, 0.15) is 0 Å². The standard InChI is InChI=1S/C16H21NO/c18-11-9-13-6-7-14-8-10-17(16(14)12-13)15-4-2-1-3-5-15/h6-8,10,12,15,18H,1-5,9,11H2. The van der Waals surface area contributed by atoms with Crippen LogP contribution in [0.4, 0.5) is 0 Å². The molecule has 3 rings (SSSR count). The molecule has 2 heteroatoms. The van der Waals surface area contributed by atoms with E-state index < -0.39 is 0 Å². The topological polar surface area (TPSA) is 25.2 Å². The first-order chi connectivity index (χ1) is 8.88. The average Bonchev–Trinajstić information content (AvgIpc) is 2.83. The van der Waals surface area contributed by atoms with Crippen LogP contribution in [0.25, 0.3) is 10.9 Å². The predicted molar refractivity (Wildman–Crippen MR) is 74.8 cm³/mol. The molecule has 96 valence electrons. The van der Waals surface area contributed by atoms with Crippen molar-refractivity contribution in [2.45, 2.75) is 44.6 Å². The fraction of sp³-hybridized carbons (Fsp3) is 0.500. The maximum Gasteiger partial charge on any atom is 0.0485 e. The number of aromatic nitrogens is 1. The third-order valence-electron chi connectivity index (χ3n) is 4.16. The summed E-state index contributed by atoms with van der Waals surface area (Å²) in [6, 6.07) is 9.46. The van der Waals surface area contributed by atoms with Gasteiger partial charge in [-0.15, -0.1) is 0 Å². The van der Waals surface area contributed by atoms with Crippen molar-refractivity contribution in [1.82, 2.24) is 4.57 Å². The summed E-state index contributed by atoms with van der Waals surface area (Å²) in [7, 11) is 0. The Hall–Kier alpha value is -1.28. The summed E-state index contributed by atoms with van der Waals surface area (Å²) in [5.41, 5.74) is 2.58. The van der Waals surface area contributed by atoms with Crippen molar-refractivity contribution in [2.75, 3.05) is 6.61 Å². The summed E-state index contributed by atoms with van der Waals surface area (Å²) in [5.74, 6) is 0. The zero-order chi connectivity index (χ0) is 12.4. The molecule has 1 fully saturated rings. The number of nitrogens with zero attached hydrogens (tertiary/aromatic N) is 1. The molecule has 1 aromatic carbocycles. The Bertz CT molecular complexity index is 523. The number of hydrogen-bond donors (Lipinski definition) is 1. The number of fused-ring (bicyclic) bond motifs is 1. The van der Waals surface area contributed by atoms with Gasteiger partial charge < -0.3 is 9.67 Å². The molecule has 1 aliphatic rings. The highest BCUT2D eigenvalue weighted by Crippen LogP contribution is 2.31. The Balaban J connectivity index is 1.97. The Morgan fingerprint density at radius 3 is 2.72 bits per heavy atom. The van der Waals surface area contributed by atoms with Crippen LogP contribution in [0.3, 0.4) is 0 Å². The summed E-state index contributed by atoms with van der Waals surface area (Å²) >= 11 is 0. The second kappa shape index (κ2) is 5.15. The molecule has 0 saturated heterocycles. The number of rotatable bonds is 3. The number of aliphatic hydroxyl groups excluding tert-OH is 1. The largest absolute Gasteiger partial charge is 0.396 e.